The van der Waals surface area contributed by atoms with E-state index >= 15 is 0 Å². The maximum absolute atomic E-state index is 11.2. The molecule has 4 nitrogen and oxygen atoms in total. The zero-order valence-corrected chi connectivity index (χ0v) is 10.7. The minimum Gasteiger partial charge on any atom is -0.478 e. The molecule has 1 fully saturated rings. The van der Waals surface area contributed by atoms with E-state index in [-0.39, 0.29) is 0 Å². The SMILES string of the molecule is O=C(O)c1cccc2nc(N3CCCCC3)ccc12. The third-order valence-corrected chi connectivity index (χ3v) is 3.63. The summed E-state index contributed by atoms with van der Waals surface area (Å²) in [5, 5.41) is 9.87. The van der Waals surface area contributed by atoms with Gasteiger partial charge in [-0.05, 0) is 43.5 Å². The predicted molar refractivity (Wildman–Crippen MR) is 74.8 cm³/mol. The summed E-state index contributed by atoms with van der Waals surface area (Å²) < 4.78 is 0. The lowest BCUT2D eigenvalue weighted by Gasteiger charge is -2.27. The number of carboxylic acids is 1. The largest absolute Gasteiger partial charge is 0.478 e. The molecule has 1 aromatic heterocycles. The fourth-order valence-corrected chi connectivity index (χ4v) is 2.63. The summed E-state index contributed by atoms with van der Waals surface area (Å²) in [5.74, 6) is 0.0489. The van der Waals surface area contributed by atoms with Crippen molar-refractivity contribution in [1.29, 1.82) is 0 Å². The number of pyridine rings is 1. The molecule has 1 saturated heterocycles. The molecule has 1 aromatic carbocycles. The lowest BCUT2D eigenvalue weighted by Crippen LogP contribution is -2.30. The molecule has 0 saturated carbocycles. The highest BCUT2D eigenvalue weighted by molar-refractivity contribution is 6.02. The maximum Gasteiger partial charge on any atom is 0.336 e. The fourth-order valence-electron chi connectivity index (χ4n) is 2.63. The second-order valence-corrected chi connectivity index (χ2v) is 4.89. The van der Waals surface area contributed by atoms with Crippen molar-refractivity contribution in [2.75, 3.05) is 18.0 Å². The Hall–Kier alpha value is -2.10. The Balaban J connectivity index is 2.04. The molecule has 2 heterocycles. The first kappa shape index (κ1) is 12.0. The van der Waals surface area contributed by atoms with Crippen LogP contribution in [0.5, 0.6) is 0 Å². The third-order valence-electron chi connectivity index (χ3n) is 3.63. The molecule has 1 N–H and O–H groups in total. The summed E-state index contributed by atoms with van der Waals surface area (Å²) in [6, 6.07) is 9.04. The van der Waals surface area contributed by atoms with Crippen LogP contribution in [-0.4, -0.2) is 29.1 Å². The summed E-state index contributed by atoms with van der Waals surface area (Å²) >= 11 is 0. The number of benzene rings is 1. The van der Waals surface area contributed by atoms with Crippen LogP contribution in [0.25, 0.3) is 10.9 Å². The van der Waals surface area contributed by atoms with Gasteiger partial charge in [-0.15, -0.1) is 0 Å². The Morgan fingerprint density at radius 2 is 1.89 bits per heavy atom. The monoisotopic (exact) mass is 256 g/mol. The van der Waals surface area contributed by atoms with Gasteiger partial charge >= 0.3 is 5.97 Å². The molecule has 0 atom stereocenters. The molecule has 0 amide bonds. The molecule has 1 aliphatic heterocycles. The van der Waals surface area contributed by atoms with Gasteiger partial charge in [-0.1, -0.05) is 6.07 Å². The van der Waals surface area contributed by atoms with Crippen LogP contribution in [0, 0.1) is 0 Å². The molecule has 2 aromatic rings. The first-order chi connectivity index (χ1) is 9.25. The lowest BCUT2D eigenvalue weighted by molar-refractivity contribution is 0.0699. The van der Waals surface area contributed by atoms with Crippen molar-refractivity contribution < 1.29 is 9.90 Å². The Labute approximate surface area is 111 Å². The Morgan fingerprint density at radius 1 is 1.11 bits per heavy atom. The zero-order chi connectivity index (χ0) is 13.2. The van der Waals surface area contributed by atoms with Crippen molar-refractivity contribution >= 4 is 22.7 Å². The van der Waals surface area contributed by atoms with Crippen LogP contribution in [-0.2, 0) is 0 Å². The van der Waals surface area contributed by atoms with Crippen LogP contribution < -0.4 is 4.90 Å². The van der Waals surface area contributed by atoms with Gasteiger partial charge in [0.15, 0.2) is 0 Å². The van der Waals surface area contributed by atoms with E-state index in [0.717, 1.165) is 24.4 Å². The summed E-state index contributed by atoms with van der Waals surface area (Å²) in [7, 11) is 0. The highest BCUT2D eigenvalue weighted by Crippen LogP contribution is 2.23. The van der Waals surface area contributed by atoms with Crippen molar-refractivity contribution in [2.45, 2.75) is 19.3 Å². The standard InChI is InChI=1S/C15H16N2O2/c18-15(19)12-5-4-6-13-11(12)7-8-14(16-13)17-9-2-1-3-10-17/h4-8H,1-3,9-10H2,(H,18,19). The van der Waals surface area contributed by atoms with Gasteiger partial charge < -0.3 is 10.0 Å². The van der Waals surface area contributed by atoms with Gasteiger partial charge in [0.05, 0.1) is 11.1 Å². The Morgan fingerprint density at radius 3 is 2.63 bits per heavy atom. The van der Waals surface area contributed by atoms with E-state index in [9.17, 15) is 4.79 Å². The van der Waals surface area contributed by atoms with Crippen molar-refractivity contribution in [2.24, 2.45) is 0 Å². The van der Waals surface area contributed by atoms with Crippen LogP contribution in [0.15, 0.2) is 30.3 Å². The smallest absolute Gasteiger partial charge is 0.336 e. The second kappa shape index (κ2) is 4.88. The quantitative estimate of drug-likeness (QED) is 0.897. The van der Waals surface area contributed by atoms with Crippen molar-refractivity contribution in [1.82, 2.24) is 4.98 Å². The number of hydrogen-bond acceptors (Lipinski definition) is 3. The number of aromatic carboxylic acids is 1. The van der Waals surface area contributed by atoms with Crippen molar-refractivity contribution in [3.8, 4) is 0 Å². The summed E-state index contributed by atoms with van der Waals surface area (Å²) in [6.45, 7) is 2.08. The molecule has 1 aliphatic rings. The summed E-state index contributed by atoms with van der Waals surface area (Å²) in [4.78, 5) is 18.0. The van der Waals surface area contributed by atoms with E-state index in [1.807, 2.05) is 18.2 Å². The first-order valence-electron chi connectivity index (χ1n) is 6.64. The van der Waals surface area contributed by atoms with E-state index in [2.05, 4.69) is 9.88 Å². The zero-order valence-electron chi connectivity index (χ0n) is 10.7. The highest BCUT2D eigenvalue weighted by atomic mass is 16.4. The van der Waals surface area contributed by atoms with Gasteiger partial charge in [0.25, 0.3) is 0 Å². The number of carboxylic acid groups (broad SMARTS) is 1. The van der Waals surface area contributed by atoms with Gasteiger partial charge in [-0.25, -0.2) is 9.78 Å². The topological polar surface area (TPSA) is 53.4 Å². The minimum absolute atomic E-state index is 0.315. The molecule has 19 heavy (non-hydrogen) atoms. The molecule has 0 radical (unpaired) electrons. The Kier molecular flexibility index (Phi) is 3.07. The normalized spacial score (nSPS) is 15.7. The van der Waals surface area contributed by atoms with Crippen LogP contribution in [0.1, 0.15) is 29.6 Å². The summed E-state index contributed by atoms with van der Waals surface area (Å²) in [6.07, 6.45) is 3.69. The molecule has 98 valence electrons. The van der Waals surface area contributed by atoms with E-state index in [0.29, 0.717) is 10.9 Å². The van der Waals surface area contributed by atoms with Crippen LogP contribution >= 0.6 is 0 Å². The number of piperidine rings is 1. The van der Waals surface area contributed by atoms with Crippen molar-refractivity contribution in [3.05, 3.63) is 35.9 Å². The molecular weight excluding hydrogens is 240 g/mol. The van der Waals surface area contributed by atoms with Gasteiger partial charge in [-0.2, -0.15) is 0 Å². The van der Waals surface area contributed by atoms with Crippen LogP contribution in [0.3, 0.4) is 0 Å². The average molecular weight is 256 g/mol. The first-order valence-corrected chi connectivity index (χ1v) is 6.64. The van der Waals surface area contributed by atoms with E-state index < -0.39 is 5.97 Å². The van der Waals surface area contributed by atoms with Gasteiger partial charge in [-0.3, -0.25) is 0 Å². The second-order valence-electron chi connectivity index (χ2n) is 4.89. The van der Waals surface area contributed by atoms with Crippen molar-refractivity contribution in [3.63, 3.8) is 0 Å². The van der Waals surface area contributed by atoms with Gasteiger partial charge in [0.1, 0.15) is 5.82 Å². The molecular formula is C15H16N2O2. The number of rotatable bonds is 2. The lowest BCUT2D eigenvalue weighted by atomic mass is 10.1. The molecule has 3 rings (SSSR count). The predicted octanol–water partition coefficient (Wildman–Crippen LogP) is 2.92. The summed E-state index contributed by atoms with van der Waals surface area (Å²) in [5.41, 5.74) is 1.07. The third kappa shape index (κ3) is 2.26. The number of hydrogen-bond donors (Lipinski definition) is 1. The molecule has 0 unspecified atom stereocenters. The van der Waals surface area contributed by atoms with Gasteiger partial charge in [0, 0.05) is 18.5 Å². The molecule has 4 heteroatoms. The minimum atomic E-state index is -0.905. The van der Waals surface area contributed by atoms with Crippen LogP contribution in [0.4, 0.5) is 5.82 Å². The number of anilines is 1. The van der Waals surface area contributed by atoms with E-state index in [1.165, 1.54) is 19.3 Å². The Bertz CT molecular complexity index is 619. The molecule has 0 spiro atoms. The highest BCUT2D eigenvalue weighted by Gasteiger charge is 2.14. The van der Waals surface area contributed by atoms with E-state index in [4.69, 9.17) is 5.11 Å². The number of aromatic nitrogens is 1. The molecule has 0 bridgehead atoms. The van der Waals surface area contributed by atoms with E-state index in [1.54, 1.807) is 12.1 Å². The number of fused-ring (bicyclic) bond motifs is 1. The van der Waals surface area contributed by atoms with Crippen LogP contribution in [0.2, 0.25) is 0 Å². The fraction of sp³-hybridized carbons (Fsp3) is 0.333. The number of nitrogens with zero attached hydrogens (tertiary/aromatic N) is 2. The maximum atomic E-state index is 11.2. The average Bonchev–Trinajstić information content (AvgIpc) is 2.47. The van der Waals surface area contributed by atoms with Gasteiger partial charge in [0.2, 0.25) is 0 Å². The molecule has 0 aliphatic carbocycles. The number of carbonyl (C=O) groups is 1.